The summed E-state index contributed by atoms with van der Waals surface area (Å²) in [4.78, 5) is 12.4. The van der Waals surface area contributed by atoms with E-state index >= 15 is 0 Å². The molecule has 3 aromatic rings. The van der Waals surface area contributed by atoms with Crippen LogP contribution in [0.4, 0.5) is 0 Å². The minimum Gasteiger partial charge on any atom is -0.343 e. The molecule has 2 aromatic heterocycles. The first-order valence-corrected chi connectivity index (χ1v) is 8.95. The summed E-state index contributed by atoms with van der Waals surface area (Å²) < 4.78 is 3.68. The molecule has 0 saturated heterocycles. The van der Waals surface area contributed by atoms with E-state index in [0.29, 0.717) is 12.6 Å². The maximum absolute atomic E-state index is 12.4. The van der Waals surface area contributed by atoms with Crippen LogP contribution in [0.25, 0.3) is 5.69 Å². The smallest absolute Gasteiger partial charge is 0.273 e. The molecule has 0 spiro atoms. The topological polar surface area (TPSA) is 90.5 Å². The first-order valence-electron chi connectivity index (χ1n) is 8.95. The average Bonchev–Trinajstić information content (AvgIpc) is 3.37. The van der Waals surface area contributed by atoms with E-state index in [-0.39, 0.29) is 11.6 Å². The van der Waals surface area contributed by atoms with Crippen LogP contribution < -0.4 is 5.32 Å². The third-order valence-corrected chi connectivity index (χ3v) is 4.77. The molecule has 0 atom stereocenters. The Hall–Kier alpha value is -3.03. The molecule has 8 nitrogen and oxygen atoms in total. The number of para-hydroxylation sites is 1. The van der Waals surface area contributed by atoms with Crippen LogP contribution in [0, 0.1) is 0 Å². The number of rotatable bonds is 5. The second-order valence-electron chi connectivity index (χ2n) is 6.51. The van der Waals surface area contributed by atoms with Crippen molar-refractivity contribution < 1.29 is 4.79 Å². The normalized spacial score (nSPS) is 15.1. The quantitative estimate of drug-likeness (QED) is 0.762. The predicted molar refractivity (Wildman–Crippen MR) is 94.7 cm³/mol. The van der Waals surface area contributed by atoms with Gasteiger partial charge in [-0.3, -0.25) is 4.79 Å². The summed E-state index contributed by atoms with van der Waals surface area (Å²) in [6, 6.07) is 10.00. The molecule has 1 amide bonds. The molecule has 1 N–H and O–H groups in total. The molecule has 134 valence electrons. The van der Waals surface area contributed by atoms with Crippen LogP contribution in [0.1, 0.15) is 54.5 Å². The minimum absolute atomic E-state index is 0.273. The predicted octanol–water partition coefficient (Wildman–Crippen LogP) is 2.29. The monoisotopic (exact) mass is 351 g/mol. The summed E-state index contributed by atoms with van der Waals surface area (Å²) in [6.45, 7) is 0.327. The lowest BCUT2D eigenvalue weighted by atomic mass is 9.95. The largest absolute Gasteiger partial charge is 0.343 e. The van der Waals surface area contributed by atoms with Gasteiger partial charge in [0.25, 0.3) is 5.91 Å². The zero-order chi connectivity index (χ0) is 17.8. The Balaban J connectivity index is 1.40. The van der Waals surface area contributed by atoms with E-state index < -0.39 is 0 Å². The Labute approximate surface area is 151 Å². The van der Waals surface area contributed by atoms with Crippen LogP contribution in [0.3, 0.4) is 0 Å². The number of aromatic nitrogens is 6. The van der Waals surface area contributed by atoms with Gasteiger partial charge in [-0.25, -0.2) is 4.68 Å². The van der Waals surface area contributed by atoms with E-state index in [1.165, 1.54) is 19.3 Å². The van der Waals surface area contributed by atoms with Crippen molar-refractivity contribution in [3.8, 4) is 5.69 Å². The van der Waals surface area contributed by atoms with Crippen molar-refractivity contribution in [1.29, 1.82) is 0 Å². The second kappa shape index (κ2) is 7.47. The Bertz CT molecular complexity index is 865. The minimum atomic E-state index is -0.273. The van der Waals surface area contributed by atoms with Gasteiger partial charge in [0.05, 0.1) is 18.4 Å². The fourth-order valence-corrected chi connectivity index (χ4v) is 3.38. The molecular weight excluding hydrogens is 330 g/mol. The second-order valence-corrected chi connectivity index (χ2v) is 6.51. The molecular formula is C18H21N7O. The van der Waals surface area contributed by atoms with Crippen molar-refractivity contribution in [3.05, 3.63) is 54.4 Å². The van der Waals surface area contributed by atoms with E-state index in [9.17, 15) is 4.79 Å². The molecule has 1 aliphatic rings. The Morgan fingerprint density at radius 1 is 1.12 bits per heavy atom. The SMILES string of the molecule is O=C(NCc1nncn1C1CCCCC1)c1cn(-c2ccccc2)nn1. The molecule has 4 rings (SSSR count). The molecule has 1 aromatic carbocycles. The number of amides is 1. The molecule has 1 aliphatic carbocycles. The van der Waals surface area contributed by atoms with E-state index in [1.54, 1.807) is 17.2 Å². The van der Waals surface area contributed by atoms with Gasteiger partial charge in [0.2, 0.25) is 0 Å². The Morgan fingerprint density at radius 3 is 2.73 bits per heavy atom. The summed E-state index contributed by atoms with van der Waals surface area (Å²) in [5.41, 5.74) is 1.13. The van der Waals surface area contributed by atoms with Crippen LogP contribution in [-0.2, 0) is 6.54 Å². The lowest BCUT2D eigenvalue weighted by Gasteiger charge is -2.23. The third-order valence-electron chi connectivity index (χ3n) is 4.77. The number of hydrogen-bond acceptors (Lipinski definition) is 5. The lowest BCUT2D eigenvalue weighted by Crippen LogP contribution is -2.26. The Morgan fingerprint density at radius 2 is 1.92 bits per heavy atom. The van der Waals surface area contributed by atoms with Gasteiger partial charge in [0, 0.05) is 6.04 Å². The van der Waals surface area contributed by atoms with Crippen LogP contribution >= 0.6 is 0 Å². The number of carbonyl (C=O) groups is 1. The van der Waals surface area contributed by atoms with Crippen molar-refractivity contribution in [2.45, 2.75) is 44.7 Å². The van der Waals surface area contributed by atoms with Crippen LogP contribution in [-0.4, -0.2) is 35.7 Å². The van der Waals surface area contributed by atoms with E-state index in [0.717, 1.165) is 24.4 Å². The molecule has 26 heavy (non-hydrogen) atoms. The van der Waals surface area contributed by atoms with Gasteiger partial charge in [-0.05, 0) is 25.0 Å². The number of benzene rings is 1. The molecule has 0 unspecified atom stereocenters. The molecule has 2 heterocycles. The highest BCUT2D eigenvalue weighted by Crippen LogP contribution is 2.28. The van der Waals surface area contributed by atoms with Crippen molar-refractivity contribution in [3.63, 3.8) is 0 Å². The Kier molecular flexibility index (Phi) is 4.72. The summed E-state index contributed by atoms with van der Waals surface area (Å²) in [7, 11) is 0. The standard InChI is InChI=1S/C18H21N7O/c26-18(16-12-25(23-21-16)15-9-5-2-6-10-15)19-11-17-22-20-13-24(17)14-7-3-1-4-8-14/h2,5-6,9-10,12-14H,1,3-4,7-8,11H2,(H,19,26). The highest BCUT2D eigenvalue weighted by Gasteiger charge is 2.19. The fourth-order valence-electron chi connectivity index (χ4n) is 3.38. The van der Waals surface area contributed by atoms with Gasteiger partial charge < -0.3 is 9.88 Å². The van der Waals surface area contributed by atoms with Crippen molar-refractivity contribution in [1.82, 2.24) is 35.1 Å². The number of carbonyl (C=O) groups excluding carboxylic acids is 1. The van der Waals surface area contributed by atoms with Crippen molar-refractivity contribution >= 4 is 5.91 Å². The molecule has 0 radical (unpaired) electrons. The van der Waals surface area contributed by atoms with Crippen LogP contribution in [0.5, 0.6) is 0 Å². The molecule has 1 saturated carbocycles. The van der Waals surface area contributed by atoms with Gasteiger partial charge in [-0.1, -0.05) is 42.7 Å². The van der Waals surface area contributed by atoms with E-state index in [2.05, 4.69) is 30.4 Å². The summed E-state index contributed by atoms with van der Waals surface area (Å²) >= 11 is 0. The number of hydrogen-bond donors (Lipinski definition) is 1. The maximum Gasteiger partial charge on any atom is 0.273 e. The van der Waals surface area contributed by atoms with Gasteiger partial charge in [-0.2, -0.15) is 0 Å². The zero-order valence-electron chi connectivity index (χ0n) is 14.5. The molecule has 0 bridgehead atoms. The van der Waals surface area contributed by atoms with Gasteiger partial charge >= 0.3 is 0 Å². The summed E-state index contributed by atoms with van der Waals surface area (Å²) in [5, 5.41) is 19.0. The highest BCUT2D eigenvalue weighted by atomic mass is 16.2. The third kappa shape index (κ3) is 3.49. The first-order chi connectivity index (χ1) is 12.8. The molecule has 0 aliphatic heterocycles. The number of nitrogens with one attached hydrogen (secondary N) is 1. The molecule has 1 fully saturated rings. The summed E-state index contributed by atoms with van der Waals surface area (Å²) in [6.07, 6.45) is 9.44. The highest BCUT2D eigenvalue weighted by molar-refractivity contribution is 5.91. The van der Waals surface area contributed by atoms with E-state index in [4.69, 9.17) is 0 Å². The fraction of sp³-hybridized carbons (Fsp3) is 0.389. The van der Waals surface area contributed by atoms with E-state index in [1.807, 2.05) is 30.3 Å². The van der Waals surface area contributed by atoms with Crippen molar-refractivity contribution in [2.75, 3.05) is 0 Å². The van der Waals surface area contributed by atoms with Crippen molar-refractivity contribution in [2.24, 2.45) is 0 Å². The molecule has 8 heteroatoms. The van der Waals surface area contributed by atoms with Gasteiger partial charge in [-0.15, -0.1) is 15.3 Å². The van der Waals surface area contributed by atoms with Crippen LogP contribution in [0.2, 0.25) is 0 Å². The summed E-state index contributed by atoms with van der Waals surface area (Å²) in [5.74, 6) is 0.506. The first kappa shape index (κ1) is 16.4. The number of nitrogens with zero attached hydrogens (tertiary/aromatic N) is 6. The van der Waals surface area contributed by atoms with Gasteiger partial charge in [0.1, 0.15) is 6.33 Å². The average molecular weight is 351 g/mol. The lowest BCUT2D eigenvalue weighted by molar-refractivity contribution is 0.0944. The zero-order valence-corrected chi connectivity index (χ0v) is 14.5. The van der Waals surface area contributed by atoms with Gasteiger partial charge in [0.15, 0.2) is 11.5 Å². The van der Waals surface area contributed by atoms with Crippen LogP contribution in [0.15, 0.2) is 42.9 Å². The maximum atomic E-state index is 12.4.